The summed E-state index contributed by atoms with van der Waals surface area (Å²) in [5, 5.41) is 4.75. The quantitative estimate of drug-likeness (QED) is 0.511. The highest BCUT2D eigenvalue weighted by Gasteiger charge is 2.53. The Balaban J connectivity index is 1.62. The van der Waals surface area contributed by atoms with Gasteiger partial charge in [0, 0.05) is 36.1 Å². The van der Waals surface area contributed by atoms with Crippen LogP contribution in [0, 0.1) is 6.92 Å². The minimum atomic E-state index is -0.262. The second kappa shape index (κ2) is 5.89. The van der Waals surface area contributed by atoms with E-state index in [4.69, 9.17) is 9.52 Å². The lowest BCUT2D eigenvalue weighted by atomic mass is 9.96. The van der Waals surface area contributed by atoms with Gasteiger partial charge in [0.05, 0.1) is 17.4 Å². The molecule has 7 nitrogen and oxygen atoms in total. The van der Waals surface area contributed by atoms with Gasteiger partial charge in [0.25, 0.3) is 5.91 Å². The molecule has 3 aromatic heterocycles. The van der Waals surface area contributed by atoms with Crippen LogP contribution in [0.2, 0.25) is 0 Å². The molecule has 1 aliphatic carbocycles. The normalized spacial score (nSPS) is 16.3. The number of hydrogen-bond acceptors (Lipinski definition) is 5. The fourth-order valence-corrected chi connectivity index (χ4v) is 4.51. The molecule has 148 valence electrons. The summed E-state index contributed by atoms with van der Waals surface area (Å²) in [6, 6.07) is 12.2. The molecule has 1 saturated carbocycles. The predicted octanol–water partition coefficient (Wildman–Crippen LogP) is 3.97. The van der Waals surface area contributed by atoms with Crippen LogP contribution in [-0.2, 0) is 5.54 Å². The fraction of sp³-hybridized carbons (Fsp3) is 0.217. The van der Waals surface area contributed by atoms with Gasteiger partial charge >= 0.3 is 0 Å². The summed E-state index contributed by atoms with van der Waals surface area (Å²) in [5.41, 5.74) is 5.97. The van der Waals surface area contributed by atoms with E-state index in [-0.39, 0.29) is 11.4 Å². The van der Waals surface area contributed by atoms with E-state index in [1.807, 2.05) is 24.9 Å². The Labute approximate surface area is 173 Å². The van der Waals surface area contributed by atoms with Gasteiger partial charge in [0.15, 0.2) is 12.2 Å². The third-order valence-corrected chi connectivity index (χ3v) is 6.33. The van der Waals surface area contributed by atoms with E-state index in [1.165, 1.54) is 6.39 Å². The van der Waals surface area contributed by atoms with E-state index in [1.54, 1.807) is 23.1 Å². The van der Waals surface area contributed by atoms with E-state index in [0.29, 0.717) is 17.1 Å². The molecule has 0 unspecified atom stereocenters. The van der Waals surface area contributed by atoms with Gasteiger partial charge in [-0.05, 0) is 37.5 Å². The summed E-state index contributed by atoms with van der Waals surface area (Å²) in [7, 11) is 1.88. The Morgan fingerprint density at radius 2 is 2.03 bits per heavy atom. The van der Waals surface area contributed by atoms with Crippen molar-refractivity contribution >= 4 is 5.91 Å². The van der Waals surface area contributed by atoms with Crippen molar-refractivity contribution in [2.75, 3.05) is 7.05 Å². The number of amides is 1. The monoisotopic (exact) mass is 397 g/mol. The van der Waals surface area contributed by atoms with E-state index < -0.39 is 0 Å². The third-order valence-electron chi connectivity index (χ3n) is 6.33. The molecule has 1 aromatic carbocycles. The van der Waals surface area contributed by atoms with E-state index in [0.717, 1.165) is 40.9 Å². The van der Waals surface area contributed by atoms with Gasteiger partial charge in [-0.1, -0.05) is 18.2 Å². The zero-order chi connectivity index (χ0) is 20.5. The van der Waals surface area contributed by atoms with Gasteiger partial charge in [-0.25, -0.2) is 9.67 Å². The predicted molar refractivity (Wildman–Crippen MR) is 110 cm³/mol. The number of carbonyl (C=O) groups is 1. The molecule has 7 heteroatoms. The van der Waals surface area contributed by atoms with Crippen molar-refractivity contribution in [2.24, 2.45) is 0 Å². The van der Waals surface area contributed by atoms with Gasteiger partial charge in [-0.2, -0.15) is 5.10 Å². The summed E-state index contributed by atoms with van der Waals surface area (Å²) < 4.78 is 7.18. The molecule has 0 atom stereocenters. The number of hydrogen-bond donors (Lipinski definition) is 0. The first kappa shape index (κ1) is 17.1. The van der Waals surface area contributed by atoms with Crippen molar-refractivity contribution < 1.29 is 9.21 Å². The second-order valence-electron chi connectivity index (χ2n) is 7.96. The Morgan fingerprint density at radius 3 is 2.77 bits per heavy atom. The van der Waals surface area contributed by atoms with Crippen LogP contribution < -0.4 is 0 Å². The van der Waals surface area contributed by atoms with Crippen LogP contribution in [0.1, 0.15) is 34.6 Å². The van der Waals surface area contributed by atoms with Crippen molar-refractivity contribution in [3.8, 4) is 28.3 Å². The largest absolute Gasteiger partial charge is 0.442 e. The SMILES string of the molecule is Cc1ncccc1-c1ccc2c(c1)-n1nc(-c3cnco3)cc1C(=O)N(C)C21CC1. The zero-order valence-electron chi connectivity index (χ0n) is 16.7. The molecule has 0 saturated heterocycles. The minimum absolute atomic E-state index is 0.0407. The molecular formula is C23H19N5O2. The highest BCUT2D eigenvalue weighted by molar-refractivity contribution is 5.96. The molecule has 1 amide bonds. The Kier molecular flexibility index (Phi) is 3.36. The van der Waals surface area contributed by atoms with Crippen LogP contribution in [0.3, 0.4) is 0 Å². The van der Waals surface area contributed by atoms with Crippen LogP contribution in [0.4, 0.5) is 0 Å². The maximum atomic E-state index is 13.4. The number of oxazole rings is 1. The molecule has 1 aliphatic heterocycles. The molecule has 1 fully saturated rings. The zero-order valence-corrected chi connectivity index (χ0v) is 16.7. The Bertz CT molecular complexity index is 1300. The van der Waals surface area contributed by atoms with Crippen LogP contribution in [-0.4, -0.2) is 37.6 Å². The van der Waals surface area contributed by atoms with Crippen LogP contribution >= 0.6 is 0 Å². The number of carbonyl (C=O) groups excluding carboxylic acids is 1. The highest BCUT2D eigenvalue weighted by Crippen LogP contribution is 2.54. The molecular weight excluding hydrogens is 378 g/mol. The molecule has 0 N–H and O–H groups in total. The van der Waals surface area contributed by atoms with Crippen molar-refractivity contribution in [3.05, 3.63) is 72.1 Å². The topological polar surface area (TPSA) is 77.0 Å². The molecule has 4 heterocycles. The maximum Gasteiger partial charge on any atom is 0.273 e. The first-order valence-corrected chi connectivity index (χ1v) is 9.92. The first-order chi connectivity index (χ1) is 14.6. The van der Waals surface area contributed by atoms with Gasteiger partial charge < -0.3 is 9.32 Å². The highest BCUT2D eigenvalue weighted by atomic mass is 16.3. The third kappa shape index (κ3) is 2.26. The van der Waals surface area contributed by atoms with Crippen LogP contribution in [0.15, 0.2) is 59.6 Å². The number of benzene rings is 1. The number of fused-ring (bicyclic) bond motifs is 4. The molecule has 6 rings (SSSR count). The molecule has 0 bridgehead atoms. The van der Waals surface area contributed by atoms with Crippen LogP contribution in [0.25, 0.3) is 28.3 Å². The smallest absolute Gasteiger partial charge is 0.273 e. The second-order valence-corrected chi connectivity index (χ2v) is 7.96. The van der Waals surface area contributed by atoms with Gasteiger partial charge in [0.1, 0.15) is 11.4 Å². The average molecular weight is 397 g/mol. The lowest BCUT2D eigenvalue weighted by Crippen LogP contribution is -2.36. The molecule has 4 aromatic rings. The van der Waals surface area contributed by atoms with E-state index in [2.05, 4.69) is 34.2 Å². The lowest BCUT2D eigenvalue weighted by Gasteiger charge is -2.27. The fourth-order valence-electron chi connectivity index (χ4n) is 4.51. The molecule has 1 spiro atoms. The average Bonchev–Trinajstić information content (AvgIpc) is 3.19. The number of pyridine rings is 1. The Hall–Kier alpha value is -3.74. The molecule has 0 radical (unpaired) electrons. The summed E-state index contributed by atoms with van der Waals surface area (Å²) in [5.74, 6) is 0.494. The van der Waals surface area contributed by atoms with Gasteiger partial charge in [-0.3, -0.25) is 9.78 Å². The van der Waals surface area contributed by atoms with Crippen molar-refractivity contribution in [2.45, 2.75) is 25.3 Å². The summed E-state index contributed by atoms with van der Waals surface area (Å²) in [6.07, 6.45) is 6.67. The van der Waals surface area contributed by atoms with E-state index >= 15 is 0 Å². The number of rotatable bonds is 2. The van der Waals surface area contributed by atoms with E-state index in [9.17, 15) is 4.79 Å². The van der Waals surface area contributed by atoms with Crippen LogP contribution in [0.5, 0.6) is 0 Å². The summed E-state index contributed by atoms with van der Waals surface area (Å²) >= 11 is 0. The molecule has 2 aliphatic rings. The standard InChI is InChI=1S/C23H19N5O2/c1-14-16(4-3-9-25-14)15-5-6-17-19(10-15)28-20(22(29)27(2)23(17)7-8-23)11-18(26-28)21-12-24-13-30-21/h3-6,9-13H,7-8H2,1-2H3. The van der Waals surface area contributed by atoms with Crippen molar-refractivity contribution in [1.29, 1.82) is 0 Å². The lowest BCUT2D eigenvalue weighted by molar-refractivity contribution is 0.0704. The number of aryl methyl sites for hydroxylation is 1. The van der Waals surface area contributed by atoms with Crippen molar-refractivity contribution in [1.82, 2.24) is 24.6 Å². The number of nitrogens with zero attached hydrogens (tertiary/aromatic N) is 5. The Morgan fingerprint density at radius 1 is 1.17 bits per heavy atom. The number of aromatic nitrogens is 4. The maximum absolute atomic E-state index is 13.4. The first-order valence-electron chi connectivity index (χ1n) is 9.92. The van der Waals surface area contributed by atoms with Gasteiger partial charge in [-0.15, -0.1) is 0 Å². The minimum Gasteiger partial charge on any atom is -0.442 e. The summed E-state index contributed by atoms with van der Waals surface area (Å²) in [4.78, 5) is 23.6. The molecule has 30 heavy (non-hydrogen) atoms. The summed E-state index contributed by atoms with van der Waals surface area (Å²) in [6.45, 7) is 2.00. The van der Waals surface area contributed by atoms with Crippen molar-refractivity contribution in [3.63, 3.8) is 0 Å². The van der Waals surface area contributed by atoms with Gasteiger partial charge in [0.2, 0.25) is 0 Å².